The number of rotatable bonds is 7. The largest absolute Gasteiger partial charge is 0.314 e. The lowest BCUT2D eigenvalue weighted by molar-refractivity contribution is 0.385. The Kier molecular flexibility index (Phi) is 8.78. The Labute approximate surface area is 89.7 Å². The fourth-order valence-electron chi connectivity index (χ4n) is 1.62. The Morgan fingerprint density at radius 3 is 2.50 bits per heavy atom. The van der Waals surface area contributed by atoms with Crippen molar-refractivity contribution in [2.45, 2.75) is 59.4 Å². The first kappa shape index (κ1) is 13.5. The summed E-state index contributed by atoms with van der Waals surface area (Å²) in [5.41, 5.74) is 0. The van der Waals surface area contributed by atoms with Gasteiger partial charge in [0.2, 0.25) is 0 Å². The third-order valence-corrected chi connectivity index (χ3v) is 2.67. The molecular formula is C13H25N. The summed E-state index contributed by atoms with van der Waals surface area (Å²) in [4.78, 5) is 0. The molecule has 0 aliphatic rings. The normalized spacial score (nSPS) is 14.3. The molecule has 2 atom stereocenters. The van der Waals surface area contributed by atoms with Crippen LogP contribution in [0.2, 0.25) is 0 Å². The van der Waals surface area contributed by atoms with Crippen molar-refractivity contribution >= 4 is 0 Å². The second-order valence-electron chi connectivity index (χ2n) is 3.97. The van der Waals surface area contributed by atoms with E-state index in [1.807, 2.05) is 6.92 Å². The van der Waals surface area contributed by atoms with Crippen molar-refractivity contribution in [1.82, 2.24) is 5.32 Å². The van der Waals surface area contributed by atoms with E-state index in [9.17, 15) is 0 Å². The van der Waals surface area contributed by atoms with E-state index in [4.69, 9.17) is 0 Å². The minimum atomic E-state index is 0.663. The molecule has 1 heteroatoms. The molecule has 0 bridgehead atoms. The first-order valence-corrected chi connectivity index (χ1v) is 5.87. The average Bonchev–Trinajstić information content (AvgIpc) is 2.18. The van der Waals surface area contributed by atoms with Crippen molar-refractivity contribution in [3.8, 4) is 11.8 Å². The Morgan fingerprint density at radius 1 is 1.29 bits per heavy atom. The number of hydrogen-bond donors (Lipinski definition) is 1. The molecule has 1 nitrogen and oxygen atoms in total. The highest BCUT2D eigenvalue weighted by atomic mass is 14.9. The van der Waals surface area contributed by atoms with Crippen LogP contribution in [0.25, 0.3) is 0 Å². The molecule has 0 aromatic heterocycles. The van der Waals surface area contributed by atoms with E-state index in [0.29, 0.717) is 6.04 Å². The summed E-state index contributed by atoms with van der Waals surface area (Å²) in [7, 11) is 0. The maximum Gasteiger partial charge on any atom is 0.0103 e. The summed E-state index contributed by atoms with van der Waals surface area (Å²) in [6.07, 6.45) is 4.79. The lowest BCUT2D eigenvalue weighted by atomic mass is 9.96. The third kappa shape index (κ3) is 6.97. The van der Waals surface area contributed by atoms with Gasteiger partial charge in [0.15, 0.2) is 0 Å². The van der Waals surface area contributed by atoms with E-state index >= 15 is 0 Å². The zero-order chi connectivity index (χ0) is 10.8. The van der Waals surface area contributed by atoms with Gasteiger partial charge < -0.3 is 5.32 Å². The molecule has 14 heavy (non-hydrogen) atoms. The summed E-state index contributed by atoms with van der Waals surface area (Å²) < 4.78 is 0. The van der Waals surface area contributed by atoms with Crippen LogP contribution in [0.1, 0.15) is 53.4 Å². The van der Waals surface area contributed by atoms with Crippen molar-refractivity contribution in [1.29, 1.82) is 0 Å². The van der Waals surface area contributed by atoms with Crippen LogP contribution in [0.3, 0.4) is 0 Å². The summed E-state index contributed by atoms with van der Waals surface area (Å²) >= 11 is 0. The van der Waals surface area contributed by atoms with Crippen LogP contribution < -0.4 is 5.32 Å². The summed E-state index contributed by atoms with van der Waals surface area (Å²) in [5, 5.41) is 3.54. The molecule has 0 heterocycles. The molecule has 0 amide bonds. The van der Waals surface area contributed by atoms with Crippen molar-refractivity contribution in [3.05, 3.63) is 0 Å². The molecule has 82 valence electrons. The molecule has 2 unspecified atom stereocenters. The quantitative estimate of drug-likeness (QED) is 0.615. The van der Waals surface area contributed by atoms with Gasteiger partial charge in [-0.25, -0.2) is 0 Å². The van der Waals surface area contributed by atoms with Gasteiger partial charge in [0.25, 0.3) is 0 Å². The fourth-order valence-corrected chi connectivity index (χ4v) is 1.62. The Morgan fingerprint density at radius 2 is 2.00 bits per heavy atom. The van der Waals surface area contributed by atoms with Gasteiger partial charge in [-0.15, -0.1) is 11.8 Å². The lowest BCUT2D eigenvalue weighted by Gasteiger charge is -2.20. The standard InChI is InChI=1S/C13H25N/c1-5-8-9-10-13(14-7-3)11-12(4)6-2/h12-14H,6-7,9-11H2,1-4H3. The van der Waals surface area contributed by atoms with Crippen molar-refractivity contribution in [3.63, 3.8) is 0 Å². The monoisotopic (exact) mass is 195 g/mol. The number of hydrogen-bond acceptors (Lipinski definition) is 1. The van der Waals surface area contributed by atoms with E-state index in [1.54, 1.807) is 0 Å². The average molecular weight is 195 g/mol. The van der Waals surface area contributed by atoms with Crippen LogP contribution in [0.4, 0.5) is 0 Å². The van der Waals surface area contributed by atoms with Crippen LogP contribution in [0.15, 0.2) is 0 Å². The van der Waals surface area contributed by atoms with E-state index in [1.165, 1.54) is 19.3 Å². The van der Waals surface area contributed by atoms with Gasteiger partial charge in [0.05, 0.1) is 0 Å². The Hall–Kier alpha value is -0.480. The molecule has 0 saturated carbocycles. The topological polar surface area (TPSA) is 12.0 Å². The van der Waals surface area contributed by atoms with Gasteiger partial charge in [-0.05, 0) is 32.2 Å². The van der Waals surface area contributed by atoms with Crippen molar-refractivity contribution in [2.24, 2.45) is 5.92 Å². The zero-order valence-corrected chi connectivity index (χ0v) is 10.2. The molecule has 0 spiro atoms. The van der Waals surface area contributed by atoms with Crippen LogP contribution >= 0.6 is 0 Å². The van der Waals surface area contributed by atoms with E-state index < -0.39 is 0 Å². The minimum Gasteiger partial charge on any atom is -0.314 e. The molecule has 0 aliphatic heterocycles. The van der Waals surface area contributed by atoms with Gasteiger partial charge in [-0.2, -0.15) is 0 Å². The van der Waals surface area contributed by atoms with Crippen molar-refractivity contribution in [2.75, 3.05) is 6.54 Å². The molecule has 0 aliphatic carbocycles. The van der Waals surface area contributed by atoms with Crippen LogP contribution in [0, 0.1) is 17.8 Å². The van der Waals surface area contributed by atoms with E-state index in [0.717, 1.165) is 18.9 Å². The summed E-state index contributed by atoms with van der Waals surface area (Å²) in [6, 6.07) is 0.663. The predicted octanol–water partition coefficient (Wildman–Crippen LogP) is 3.20. The van der Waals surface area contributed by atoms with Gasteiger partial charge in [-0.3, -0.25) is 0 Å². The molecule has 1 N–H and O–H groups in total. The van der Waals surface area contributed by atoms with Crippen LogP contribution in [0.5, 0.6) is 0 Å². The van der Waals surface area contributed by atoms with Crippen LogP contribution in [-0.2, 0) is 0 Å². The second-order valence-corrected chi connectivity index (χ2v) is 3.97. The summed E-state index contributed by atoms with van der Waals surface area (Å²) in [5.74, 6) is 6.92. The maximum absolute atomic E-state index is 3.54. The molecular weight excluding hydrogens is 170 g/mol. The molecule has 0 saturated heterocycles. The maximum atomic E-state index is 3.54. The van der Waals surface area contributed by atoms with Gasteiger partial charge in [0.1, 0.15) is 0 Å². The highest BCUT2D eigenvalue weighted by Gasteiger charge is 2.09. The second kappa shape index (κ2) is 9.09. The predicted molar refractivity (Wildman–Crippen MR) is 64.2 cm³/mol. The van der Waals surface area contributed by atoms with Gasteiger partial charge in [-0.1, -0.05) is 27.2 Å². The van der Waals surface area contributed by atoms with Gasteiger partial charge >= 0.3 is 0 Å². The zero-order valence-electron chi connectivity index (χ0n) is 10.2. The molecule has 0 rings (SSSR count). The Balaban J connectivity index is 3.79. The minimum absolute atomic E-state index is 0.663. The number of nitrogens with one attached hydrogen (secondary N) is 1. The molecule has 0 fully saturated rings. The lowest BCUT2D eigenvalue weighted by Crippen LogP contribution is -2.30. The van der Waals surface area contributed by atoms with Gasteiger partial charge in [0, 0.05) is 12.5 Å². The SMILES string of the molecule is CC#CCCC(CC(C)CC)NCC. The molecule has 0 aromatic carbocycles. The third-order valence-electron chi connectivity index (χ3n) is 2.67. The first-order valence-electron chi connectivity index (χ1n) is 5.87. The molecule has 0 radical (unpaired) electrons. The van der Waals surface area contributed by atoms with E-state index in [2.05, 4.69) is 37.9 Å². The smallest absolute Gasteiger partial charge is 0.0103 e. The highest BCUT2D eigenvalue weighted by molar-refractivity contribution is 4.95. The molecule has 0 aromatic rings. The van der Waals surface area contributed by atoms with Crippen LogP contribution in [-0.4, -0.2) is 12.6 Å². The Bertz CT molecular complexity index is 175. The highest BCUT2D eigenvalue weighted by Crippen LogP contribution is 2.13. The first-order chi connectivity index (χ1) is 6.74. The fraction of sp³-hybridized carbons (Fsp3) is 0.846. The van der Waals surface area contributed by atoms with Crippen molar-refractivity contribution < 1.29 is 0 Å². The summed E-state index contributed by atoms with van der Waals surface area (Å²) in [6.45, 7) is 9.75. The van der Waals surface area contributed by atoms with E-state index in [-0.39, 0.29) is 0 Å².